The Morgan fingerprint density at radius 2 is 2.16 bits per heavy atom. The lowest BCUT2D eigenvalue weighted by Gasteiger charge is -2.37. The van der Waals surface area contributed by atoms with Crippen LogP contribution < -0.4 is 5.73 Å². The number of nitrogens with zero attached hydrogens (tertiary/aromatic N) is 1. The molecule has 1 aromatic rings. The zero-order valence-electron chi connectivity index (χ0n) is 12.6. The Morgan fingerprint density at radius 1 is 1.37 bits per heavy atom. The molecule has 19 heavy (non-hydrogen) atoms. The second kappa shape index (κ2) is 6.58. The highest BCUT2D eigenvalue weighted by molar-refractivity contribution is 5.12. The van der Waals surface area contributed by atoms with Crippen LogP contribution in [-0.4, -0.2) is 23.5 Å². The summed E-state index contributed by atoms with van der Waals surface area (Å²) in [4.78, 5) is 2.59. The van der Waals surface area contributed by atoms with Crippen LogP contribution in [0.1, 0.15) is 63.5 Å². The largest absolute Gasteiger partial charge is 0.465 e. The summed E-state index contributed by atoms with van der Waals surface area (Å²) in [7, 11) is 0. The van der Waals surface area contributed by atoms with Crippen LogP contribution in [0.2, 0.25) is 0 Å². The molecule has 3 nitrogen and oxygen atoms in total. The standard InChI is InChI=1S/C16H28N2O/c1-4-14-8-6-5-7-11-18(14)16(13(3)17)15-10-9-12(2)19-15/h9-10,13-14,16H,4-8,11,17H2,1-3H3. The van der Waals surface area contributed by atoms with Gasteiger partial charge in [-0.05, 0) is 51.8 Å². The van der Waals surface area contributed by atoms with Gasteiger partial charge >= 0.3 is 0 Å². The molecule has 0 spiro atoms. The van der Waals surface area contributed by atoms with E-state index < -0.39 is 0 Å². The van der Waals surface area contributed by atoms with Gasteiger partial charge in [-0.1, -0.05) is 19.8 Å². The van der Waals surface area contributed by atoms with Crippen molar-refractivity contribution in [1.82, 2.24) is 4.90 Å². The molecule has 2 rings (SSSR count). The van der Waals surface area contributed by atoms with Crippen molar-refractivity contribution in [3.8, 4) is 0 Å². The molecule has 1 saturated heterocycles. The number of likely N-dealkylation sites (tertiary alicyclic amines) is 1. The van der Waals surface area contributed by atoms with Gasteiger partial charge in [0.2, 0.25) is 0 Å². The summed E-state index contributed by atoms with van der Waals surface area (Å²) in [6, 6.07) is 5.10. The molecule has 1 fully saturated rings. The molecule has 0 aliphatic carbocycles. The molecule has 3 unspecified atom stereocenters. The van der Waals surface area contributed by atoms with Crippen molar-refractivity contribution in [1.29, 1.82) is 0 Å². The summed E-state index contributed by atoms with van der Waals surface area (Å²) in [5, 5.41) is 0. The summed E-state index contributed by atoms with van der Waals surface area (Å²) in [5.74, 6) is 2.01. The van der Waals surface area contributed by atoms with Gasteiger partial charge in [0.1, 0.15) is 11.5 Å². The second-order valence-corrected chi connectivity index (χ2v) is 5.90. The molecule has 0 saturated carbocycles. The lowest BCUT2D eigenvalue weighted by atomic mass is 10.0. The van der Waals surface area contributed by atoms with Crippen LogP contribution in [0.3, 0.4) is 0 Å². The van der Waals surface area contributed by atoms with Crippen LogP contribution in [0.4, 0.5) is 0 Å². The molecular formula is C16H28N2O. The van der Waals surface area contributed by atoms with E-state index in [-0.39, 0.29) is 12.1 Å². The van der Waals surface area contributed by atoms with E-state index in [0.29, 0.717) is 6.04 Å². The average Bonchev–Trinajstić information content (AvgIpc) is 2.65. The smallest absolute Gasteiger partial charge is 0.122 e. The second-order valence-electron chi connectivity index (χ2n) is 5.90. The fraction of sp³-hybridized carbons (Fsp3) is 0.750. The Kier molecular flexibility index (Phi) is 5.06. The minimum atomic E-state index is 0.0951. The van der Waals surface area contributed by atoms with Crippen molar-refractivity contribution in [3.63, 3.8) is 0 Å². The van der Waals surface area contributed by atoms with Gasteiger partial charge < -0.3 is 10.2 Å². The molecule has 1 aliphatic rings. The zero-order valence-corrected chi connectivity index (χ0v) is 12.6. The minimum absolute atomic E-state index is 0.0951. The molecule has 108 valence electrons. The summed E-state index contributed by atoms with van der Waals surface area (Å²) in [5.41, 5.74) is 6.28. The first-order valence-electron chi connectivity index (χ1n) is 7.71. The van der Waals surface area contributed by atoms with Gasteiger partial charge in [0.05, 0.1) is 6.04 Å². The van der Waals surface area contributed by atoms with Crippen molar-refractivity contribution < 1.29 is 4.42 Å². The van der Waals surface area contributed by atoms with E-state index in [1.54, 1.807) is 0 Å². The topological polar surface area (TPSA) is 42.4 Å². The van der Waals surface area contributed by atoms with Gasteiger partial charge in [-0.25, -0.2) is 0 Å². The summed E-state index contributed by atoms with van der Waals surface area (Å²) < 4.78 is 5.87. The highest BCUT2D eigenvalue weighted by Crippen LogP contribution is 2.32. The van der Waals surface area contributed by atoms with E-state index >= 15 is 0 Å². The molecule has 2 heterocycles. The van der Waals surface area contributed by atoms with Crippen LogP contribution in [0.25, 0.3) is 0 Å². The van der Waals surface area contributed by atoms with Crippen LogP contribution in [0.5, 0.6) is 0 Å². The minimum Gasteiger partial charge on any atom is -0.465 e. The Balaban J connectivity index is 2.25. The molecule has 0 bridgehead atoms. The van der Waals surface area contributed by atoms with Crippen LogP contribution in [0.15, 0.2) is 16.5 Å². The fourth-order valence-corrected chi connectivity index (χ4v) is 3.34. The Labute approximate surface area is 117 Å². The summed E-state index contributed by atoms with van der Waals surface area (Å²) in [6.45, 7) is 7.53. The maximum absolute atomic E-state index is 6.28. The number of furan rings is 1. The summed E-state index contributed by atoms with van der Waals surface area (Å²) >= 11 is 0. The highest BCUT2D eigenvalue weighted by Gasteiger charge is 2.32. The first-order chi connectivity index (χ1) is 9.13. The number of nitrogens with two attached hydrogens (primary N) is 1. The number of hydrogen-bond acceptors (Lipinski definition) is 3. The van der Waals surface area contributed by atoms with Crippen LogP contribution in [0, 0.1) is 6.92 Å². The Hall–Kier alpha value is -0.800. The molecule has 3 heteroatoms. The predicted molar refractivity (Wildman–Crippen MR) is 79.1 cm³/mol. The van der Waals surface area contributed by atoms with Crippen molar-refractivity contribution in [3.05, 3.63) is 23.7 Å². The van der Waals surface area contributed by atoms with Crippen molar-refractivity contribution in [2.75, 3.05) is 6.54 Å². The highest BCUT2D eigenvalue weighted by atomic mass is 16.3. The van der Waals surface area contributed by atoms with E-state index in [2.05, 4.69) is 24.8 Å². The van der Waals surface area contributed by atoms with E-state index in [1.165, 1.54) is 32.1 Å². The fourth-order valence-electron chi connectivity index (χ4n) is 3.34. The number of aryl methyl sites for hydroxylation is 1. The van der Waals surface area contributed by atoms with Crippen molar-refractivity contribution in [2.24, 2.45) is 5.73 Å². The third-order valence-electron chi connectivity index (χ3n) is 4.30. The van der Waals surface area contributed by atoms with Crippen LogP contribution >= 0.6 is 0 Å². The van der Waals surface area contributed by atoms with Crippen molar-refractivity contribution >= 4 is 0 Å². The Morgan fingerprint density at radius 3 is 2.74 bits per heavy atom. The van der Waals surface area contributed by atoms with E-state index in [0.717, 1.165) is 18.1 Å². The first-order valence-corrected chi connectivity index (χ1v) is 7.71. The van der Waals surface area contributed by atoms with Crippen molar-refractivity contribution in [2.45, 2.75) is 71.0 Å². The monoisotopic (exact) mass is 264 g/mol. The number of hydrogen-bond donors (Lipinski definition) is 1. The third-order valence-corrected chi connectivity index (χ3v) is 4.30. The molecule has 3 atom stereocenters. The van der Waals surface area contributed by atoms with Gasteiger partial charge in [0.15, 0.2) is 0 Å². The molecule has 0 amide bonds. The lowest BCUT2D eigenvalue weighted by Crippen LogP contribution is -2.44. The summed E-state index contributed by atoms with van der Waals surface area (Å²) in [6.07, 6.45) is 6.45. The van der Waals surface area contributed by atoms with E-state index in [9.17, 15) is 0 Å². The lowest BCUT2D eigenvalue weighted by molar-refractivity contribution is 0.101. The van der Waals surface area contributed by atoms with Gasteiger partial charge in [-0.3, -0.25) is 4.90 Å². The van der Waals surface area contributed by atoms with Gasteiger partial charge in [-0.15, -0.1) is 0 Å². The SMILES string of the molecule is CCC1CCCCCN1C(c1ccc(C)o1)C(C)N. The molecule has 1 aliphatic heterocycles. The first kappa shape index (κ1) is 14.6. The van der Waals surface area contributed by atoms with Gasteiger partial charge in [0, 0.05) is 12.1 Å². The quantitative estimate of drug-likeness (QED) is 0.903. The predicted octanol–water partition coefficient (Wildman–Crippen LogP) is 3.63. The van der Waals surface area contributed by atoms with Gasteiger partial charge in [0.25, 0.3) is 0 Å². The maximum Gasteiger partial charge on any atom is 0.122 e. The normalized spacial score (nSPS) is 24.9. The molecule has 2 N–H and O–H groups in total. The third kappa shape index (κ3) is 3.40. The van der Waals surface area contributed by atoms with Gasteiger partial charge in [-0.2, -0.15) is 0 Å². The van der Waals surface area contributed by atoms with E-state index in [1.807, 2.05) is 13.0 Å². The van der Waals surface area contributed by atoms with Crippen LogP contribution in [-0.2, 0) is 0 Å². The Bertz CT molecular complexity index is 386. The zero-order chi connectivity index (χ0) is 13.8. The average molecular weight is 264 g/mol. The molecular weight excluding hydrogens is 236 g/mol. The molecule has 1 aromatic heterocycles. The molecule has 0 radical (unpaired) electrons. The maximum atomic E-state index is 6.28. The molecule has 0 aromatic carbocycles. The number of rotatable bonds is 4. The van der Waals surface area contributed by atoms with E-state index in [4.69, 9.17) is 10.2 Å².